The van der Waals surface area contributed by atoms with Crippen LogP contribution in [0.2, 0.25) is 5.02 Å². The molecule has 0 aliphatic rings. The summed E-state index contributed by atoms with van der Waals surface area (Å²) in [6.45, 7) is 4.17. The van der Waals surface area contributed by atoms with Crippen molar-refractivity contribution in [2.75, 3.05) is 24.3 Å². The lowest BCUT2D eigenvalue weighted by molar-refractivity contribution is 0.256. The predicted molar refractivity (Wildman–Crippen MR) is 140 cm³/mol. The van der Waals surface area contributed by atoms with Gasteiger partial charge in [0.05, 0.1) is 17.8 Å². The Labute approximate surface area is 208 Å². The summed E-state index contributed by atoms with van der Waals surface area (Å²) in [7, 11) is 1.64. The summed E-state index contributed by atoms with van der Waals surface area (Å²) < 4.78 is 5.29. The Morgan fingerprint density at radius 3 is 2.60 bits per heavy atom. The van der Waals surface area contributed by atoms with Crippen molar-refractivity contribution in [3.8, 4) is 5.75 Å². The Kier molecular flexibility index (Phi) is 7.47. The fourth-order valence-electron chi connectivity index (χ4n) is 3.61. The maximum Gasteiger partial charge on any atom is 0.326 e. The highest BCUT2D eigenvalue weighted by molar-refractivity contribution is 6.33. The minimum Gasteiger partial charge on any atom is -0.497 e. The van der Waals surface area contributed by atoms with E-state index in [9.17, 15) is 4.79 Å². The number of nitrogens with zero attached hydrogens (tertiary/aromatic N) is 3. The van der Waals surface area contributed by atoms with Crippen molar-refractivity contribution in [2.24, 2.45) is 4.99 Å². The topological polar surface area (TPSA) is 116 Å². The predicted octanol–water partition coefficient (Wildman–Crippen LogP) is 5.07. The van der Waals surface area contributed by atoms with Gasteiger partial charge in [-0.25, -0.2) is 14.8 Å². The summed E-state index contributed by atoms with van der Waals surface area (Å²) in [6.07, 6.45) is 2.61. The molecule has 4 aromatic rings. The second-order valence-electron chi connectivity index (χ2n) is 7.86. The third kappa shape index (κ3) is 6.27. The van der Waals surface area contributed by atoms with Crippen molar-refractivity contribution in [2.45, 2.75) is 20.3 Å². The molecule has 4 rings (SSSR count). The van der Waals surface area contributed by atoms with E-state index in [0.717, 1.165) is 33.6 Å². The SMILES string of the molecule is COc1ccc2c(CCN=C(NC(=O)Nc3ccccc3Cl)Nc3nc(C)cc(C)n3)c[nH]c2c1. The number of rotatable bonds is 6. The van der Waals surface area contributed by atoms with Crippen molar-refractivity contribution in [1.29, 1.82) is 0 Å². The molecule has 10 heteroatoms. The number of para-hydroxylation sites is 1. The molecule has 0 bridgehead atoms. The zero-order valence-corrected chi connectivity index (χ0v) is 20.4. The number of aliphatic imine (C=N–C) groups is 1. The summed E-state index contributed by atoms with van der Waals surface area (Å²) in [5.41, 5.74) is 4.18. The number of methoxy groups -OCH3 is 1. The van der Waals surface area contributed by atoms with Crippen LogP contribution in [0.5, 0.6) is 5.75 Å². The number of ether oxygens (including phenoxy) is 1. The number of amides is 2. The number of fused-ring (bicyclic) bond motifs is 1. The lowest BCUT2D eigenvalue weighted by Gasteiger charge is -2.13. The summed E-state index contributed by atoms with van der Waals surface area (Å²) >= 11 is 6.16. The van der Waals surface area contributed by atoms with E-state index in [1.54, 1.807) is 31.4 Å². The van der Waals surface area contributed by atoms with E-state index in [4.69, 9.17) is 16.3 Å². The summed E-state index contributed by atoms with van der Waals surface area (Å²) in [5, 5.41) is 10.0. The van der Waals surface area contributed by atoms with E-state index < -0.39 is 6.03 Å². The van der Waals surface area contributed by atoms with Crippen LogP contribution in [-0.2, 0) is 6.42 Å². The van der Waals surface area contributed by atoms with Crippen LogP contribution in [0.4, 0.5) is 16.4 Å². The lowest BCUT2D eigenvalue weighted by atomic mass is 10.1. The van der Waals surface area contributed by atoms with Crippen LogP contribution in [-0.4, -0.2) is 40.6 Å². The number of hydrogen-bond acceptors (Lipinski definition) is 5. The monoisotopic (exact) mass is 491 g/mol. The molecule has 0 spiro atoms. The Morgan fingerprint density at radius 2 is 1.86 bits per heavy atom. The molecule has 0 saturated heterocycles. The molecule has 0 fully saturated rings. The van der Waals surface area contributed by atoms with Crippen molar-refractivity contribution in [3.05, 3.63) is 76.7 Å². The summed E-state index contributed by atoms with van der Waals surface area (Å²) in [6, 6.07) is 14.3. The molecule has 0 saturated carbocycles. The molecule has 0 aliphatic carbocycles. The molecular formula is C25H26ClN7O2. The van der Waals surface area contributed by atoms with Crippen LogP contribution in [0.25, 0.3) is 10.9 Å². The van der Waals surface area contributed by atoms with E-state index in [0.29, 0.717) is 29.6 Å². The summed E-state index contributed by atoms with van der Waals surface area (Å²) in [4.78, 5) is 29.3. The van der Waals surface area contributed by atoms with Crippen LogP contribution in [0.1, 0.15) is 17.0 Å². The minimum absolute atomic E-state index is 0.223. The van der Waals surface area contributed by atoms with Gasteiger partial charge in [-0.05, 0) is 56.2 Å². The fraction of sp³-hybridized carbons (Fsp3) is 0.200. The highest BCUT2D eigenvalue weighted by Gasteiger charge is 2.11. The molecule has 180 valence electrons. The number of nitrogens with one attached hydrogen (secondary N) is 4. The van der Waals surface area contributed by atoms with Gasteiger partial charge in [0.1, 0.15) is 5.75 Å². The normalized spacial score (nSPS) is 11.4. The number of hydrogen-bond donors (Lipinski definition) is 4. The van der Waals surface area contributed by atoms with Gasteiger partial charge in [-0.15, -0.1) is 0 Å². The average Bonchev–Trinajstić information content (AvgIpc) is 3.22. The number of urea groups is 1. The zero-order chi connectivity index (χ0) is 24.8. The van der Waals surface area contributed by atoms with Crippen molar-refractivity contribution in [3.63, 3.8) is 0 Å². The Morgan fingerprint density at radius 1 is 1.09 bits per heavy atom. The number of anilines is 2. The zero-order valence-electron chi connectivity index (χ0n) is 19.6. The lowest BCUT2D eigenvalue weighted by Crippen LogP contribution is -2.39. The van der Waals surface area contributed by atoms with Gasteiger partial charge in [0.2, 0.25) is 11.9 Å². The Hall–Kier alpha value is -4.11. The quantitative estimate of drug-likeness (QED) is 0.222. The molecule has 2 aromatic carbocycles. The minimum atomic E-state index is -0.493. The van der Waals surface area contributed by atoms with Gasteiger partial charge in [-0.2, -0.15) is 0 Å². The number of carbonyl (C=O) groups is 1. The Balaban J connectivity index is 1.51. The molecule has 2 amide bonds. The number of carbonyl (C=O) groups excluding carboxylic acids is 1. The van der Waals surface area contributed by atoms with E-state index in [1.807, 2.05) is 44.3 Å². The first kappa shape index (κ1) is 24.0. The smallest absolute Gasteiger partial charge is 0.326 e. The van der Waals surface area contributed by atoms with Crippen molar-refractivity contribution < 1.29 is 9.53 Å². The first-order valence-electron chi connectivity index (χ1n) is 11.0. The maximum absolute atomic E-state index is 12.7. The number of aromatic amines is 1. The second-order valence-corrected chi connectivity index (χ2v) is 8.27. The van der Waals surface area contributed by atoms with Gasteiger partial charge in [-0.1, -0.05) is 23.7 Å². The standard InChI is InChI=1S/C25H26ClN7O2/c1-15-12-16(2)30-24(29-15)32-23(33-25(34)31-21-7-5-4-6-20(21)26)27-11-10-17-14-28-22-13-18(35-3)8-9-19(17)22/h4-9,12-14,28H,10-11H2,1-3H3,(H3,27,29,30,31,32,33,34). The molecule has 35 heavy (non-hydrogen) atoms. The van der Waals surface area contributed by atoms with Gasteiger partial charge in [0.15, 0.2) is 0 Å². The molecule has 2 aromatic heterocycles. The molecular weight excluding hydrogens is 466 g/mol. The van der Waals surface area contributed by atoms with Crippen LogP contribution >= 0.6 is 11.6 Å². The van der Waals surface area contributed by atoms with Gasteiger partial charge in [0.25, 0.3) is 0 Å². The van der Waals surface area contributed by atoms with Gasteiger partial charge < -0.3 is 15.0 Å². The van der Waals surface area contributed by atoms with Gasteiger partial charge in [0, 0.05) is 41.1 Å². The number of H-pyrrole nitrogens is 1. The van der Waals surface area contributed by atoms with Gasteiger partial charge in [-0.3, -0.25) is 15.6 Å². The van der Waals surface area contributed by atoms with E-state index in [2.05, 4.69) is 35.9 Å². The highest BCUT2D eigenvalue weighted by Crippen LogP contribution is 2.23. The van der Waals surface area contributed by atoms with Crippen LogP contribution < -0.4 is 20.7 Å². The molecule has 9 nitrogen and oxygen atoms in total. The molecule has 2 heterocycles. The van der Waals surface area contributed by atoms with E-state index in [1.165, 1.54) is 0 Å². The highest BCUT2D eigenvalue weighted by atomic mass is 35.5. The first-order chi connectivity index (χ1) is 16.9. The van der Waals surface area contributed by atoms with Crippen molar-refractivity contribution >= 4 is 46.1 Å². The number of guanidine groups is 1. The third-order valence-electron chi connectivity index (χ3n) is 5.19. The second kappa shape index (κ2) is 10.9. The van der Waals surface area contributed by atoms with Crippen LogP contribution in [0, 0.1) is 13.8 Å². The average molecular weight is 492 g/mol. The number of benzene rings is 2. The van der Waals surface area contributed by atoms with E-state index in [-0.39, 0.29) is 5.96 Å². The maximum atomic E-state index is 12.7. The van der Waals surface area contributed by atoms with Crippen molar-refractivity contribution in [1.82, 2.24) is 20.3 Å². The van der Waals surface area contributed by atoms with Crippen LogP contribution in [0.3, 0.4) is 0 Å². The molecule has 0 radical (unpaired) electrons. The molecule has 0 unspecified atom stereocenters. The van der Waals surface area contributed by atoms with Gasteiger partial charge >= 0.3 is 6.03 Å². The number of aryl methyl sites for hydroxylation is 2. The fourth-order valence-corrected chi connectivity index (χ4v) is 3.79. The summed E-state index contributed by atoms with van der Waals surface area (Å²) in [5.74, 6) is 1.36. The Bertz CT molecular complexity index is 1360. The molecule has 4 N–H and O–H groups in total. The third-order valence-corrected chi connectivity index (χ3v) is 5.52. The number of aromatic nitrogens is 3. The van der Waals surface area contributed by atoms with Crippen LogP contribution in [0.15, 0.2) is 59.7 Å². The first-order valence-corrected chi connectivity index (χ1v) is 11.4. The number of halogens is 1. The van der Waals surface area contributed by atoms with E-state index >= 15 is 0 Å². The largest absolute Gasteiger partial charge is 0.497 e. The molecule has 0 atom stereocenters. The molecule has 0 aliphatic heterocycles.